The van der Waals surface area contributed by atoms with E-state index in [1.807, 2.05) is 30.3 Å². The maximum Gasteiger partial charge on any atom is 0.307 e. The molecule has 3 aromatic heterocycles. The lowest BCUT2D eigenvalue weighted by Crippen LogP contribution is -2.28. The molecule has 0 saturated heterocycles. The molecule has 3 heterocycles. The summed E-state index contributed by atoms with van der Waals surface area (Å²) in [7, 11) is 4.87. The molecule has 4 rings (SSSR count). The van der Waals surface area contributed by atoms with E-state index in [2.05, 4.69) is 25.0 Å². The lowest BCUT2D eigenvalue weighted by molar-refractivity contribution is -0.140. The smallest absolute Gasteiger partial charge is 0.307 e. The van der Waals surface area contributed by atoms with Gasteiger partial charge in [-0.15, -0.1) is 0 Å². The average Bonchev–Trinajstić information content (AvgIpc) is 2.90. The predicted molar refractivity (Wildman–Crippen MR) is 138 cm³/mol. The zero-order valence-electron chi connectivity index (χ0n) is 20.6. The van der Waals surface area contributed by atoms with Crippen LogP contribution < -0.4 is 15.8 Å². The van der Waals surface area contributed by atoms with Crippen molar-refractivity contribution >= 4 is 28.7 Å². The van der Waals surface area contributed by atoms with Crippen molar-refractivity contribution < 1.29 is 19.4 Å². The first-order valence-corrected chi connectivity index (χ1v) is 11.4. The number of anilines is 1. The van der Waals surface area contributed by atoms with Crippen LogP contribution in [-0.4, -0.2) is 64.3 Å². The normalized spacial score (nSPS) is 10.8. The minimum absolute atomic E-state index is 0.0129. The molecule has 0 radical (unpaired) electrons. The molecule has 4 aromatic rings. The summed E-state index contributed by atoms with van der Waals surface area (Å²) in [6.45, 7) is 0.228. The highest BCUT2D eigenvalue weighted by atomic mass is 16.5. The van der Waals surface area contributed by atoms with Crippen LogP contribution >= 0.6 is 0 Å². The number of nitrogens with zero attached hydrogens (tertiary/aromatic N) is 5. The van der Waals surface area contributed by atoms with Gasteiger partial charge in [0.05, 0.1) is 37.4 Å². The minimum Gasteiger partial charge on any atom is -0.505 e. The number of aromatic hydroxyl groups is 1. The molecule has 0 bridgehead atoms. The Morgan fingerprint density at radius 3 is 2.43 bits per heavy atom. The van der Waals surface area contributed by atoms with Gasteiger partial charge >= 0.3 is 5.97 Å². The van der Waals surface area contributed by atoms with Gasteiger partial charge in [0.15, 0.2) is 11.4 Å². The number of carbonyl (C=O) groups excluding carboxylic acids is 2. The average molecular weight is 503 g/mol. The molecule has 190 valence electrons. The number of hydrogen-bond donors (Lipinski definition) is 2. The van der Waals surface area contributed by atoms with E-state index in [1.165, 1.54) is 36.3 Å². The molecule has 1 aromatic carbocycles. The second-order valence-corrected chi connectivity index (χ2v) is 8.44. The third kappa shape index (κ3) is 5.40. The van der Waals surface area contributed by atoms with Crippen LogP contribution in [0.1, 0.15) is 22.5 Å². The first-order valence-electron chi connectivity index (χ1n) is 11.4. The van der Waals surface area contributed by atoms with Crippen molar-refractivity contribution in [3.63, 3.8) is 0 Å². The lowest BCUT2D eigenvalue weighted by Gasteiger charge is -2.16. The topological polar surface area (TPSA) is 140 Å². The van der Waals surface area contributed by atoms with E-state index in [0.29, 0.717) is 17.0 Å². The van der Waals surface area contributed by atoms with E-state index in [9.17, 15) is 19.5 Å². The monoisotopic (exact) mass is 502 g/mol. The molecule has 0 aliphatic rings. The Balaban J connectivity index is 1.83. The van der Waals surface area contributed by atoms with E-state index in [4.69, 9.17) is 0 Å². The first-order chi connectivity index (χ1) is 17.8. The van der Waals surface area contributed by atoms with Crippen LogP contribution in [0.25, 0.3) is 22.0 Å². The summed E-state index contributed by atoms with van der Waals surface area (Å²) in [6.07, 6.45) is 4.43. The van der Waals surface area contributed by atoms with Crippen molar-refractivity contribution in [2.75, 3.05) is 32.6 Å². The number of fused-ring (bicyclic) bond motifs is 1. The van der Waals surface area contributed by atoms with Crippen LogP contribution in [0.4, 0.5) is 5.95 Å². The molecule has 37 heavy (non-hydrogen) atoms. The van der Waals surface area contributed by atoms with Gasteiger partial charge < -0.3 is 24.6 Å². The number of carbonyl (C=O) groups is 2. The highest BCUT2D eigenvalue weighted by Gasteiger charge is 2.21. The van der Waals surface area contributed by atoms with Crippen LogP contribution in [0, 0.1) is 0 Å². The molecular weight excluding hydrogens is 476 g/mol. The van der Waals surface area contributed by atoms with Gasteiger partial charge in [-0.1, -0.05) is 30.3 Å². The third-order valence-corrected chi connectivity index (χ3v) is 5.72. The number of rotatable bonds is 8. The Morgan fingerprint density at radius 2 is 1.78 bits per heavy atom. The zero-order chi connectivity index (χ0) is 26.5. The van der Waals surface area contributed by atoms with Crippen LogP contribution in [0.5, 0.6) is 5.75 Å². The Hall–Kier alpha value is -4.80. The van der Waals surface area contributed by atoms with Gasteiger partial charge in [-0.25, -0.2) is 15.0 Å². The summed E-state index contributed by atoms with van der Waals surface area (Å²) >= 11 is 0. The van der Waals surface area contributed by atoms with Crippen LogP contribution in [0.3, 0.4) is 0 Å². The Labute approximate surface area is 212 Å². The SMILES string of the molecule is COC(=O)CCNC(=O)c1ncc2c(cc(-c3cnc(N(C)C)nc3)c(=O)n2Cc2ccccc2)c1O. The van der Waals surface area contributed by atoms with E-state index >= 15 is 0 Å². The van der Waals surface area contributed by atoms with Crippen molar-refractivity contribution in [1.29, 1.82) is 0 Å². The molecule has 0 aliphatic carbocycles. The van der Waals surface area contributed by atoms with Gasteiger partial charge in [-0.3, -0.25) is 14.4 Å². The molecular formula is C26H26N6O5. The van der Waals surface area contributed by atoms with Crippen LogP contribution in [0.2, 0.25) is 0 Å². The maximum atomic E-state index is 13.6. The van der Waals surface area contributed by atoms with Crippen LogP contribution in [0.15, 0.2) is 59.8 Å². The standard InChI is InChI=1S/C26H26N6O5/c1-31(2)26-29-12-17(13-30-26)18-11-19-20(32(25(18)36)15-16-7-5-4-6-8-16)14-28-22(23(19)34)24(35)27-10-9-21(33)37-3/h4-8,11-14,34H,9-10,15H2,1-3H3,(H,27,35). The number of methoxy groups -OCH3 is 1. The fourth-order valence-electron chi connectivity index (χ4n) is 3.77. The van der Waals surface area contributed by atoms with Crippen molar-refractivity contribution in [2.45, 2.75) is 13.0 Å². The summed E-state index contributed by atoms with van der Waals surface area (Å²) in [5.41, 5.74) is 1.38. The number of esters is 1. The molecule has 0 aliphatic heterocycles. The van der Waals surface area contributed by atoms with E-state index in [0.717, 1.165) is 5.56 Å². The van der Waals surface area contributed by atoms with E-state index in [-0.39, 0.29) is 47.5 Å². The second kappa shape index (κ2) is 10.9. The number of ether oxygens (including phenoxy) is 1. The maximum absolute atomic E-state index is 13.6. The van der Waals surface area contributed by atoms with Gasteiger partial charge in [0.1, 0.15) is 0 Å². The van der Waals surface area contributed by atoms with E-state index in [1.54, 1.807) is 19.0 Å². The summed E-state index contributed by atoms with van der Waals surface area (Å²) in [4.78, 5) is 52.1. The van der Waals surface area contributed by atoms with Crippen molar-refractivity contribution in [2.24, 2.45) is 0 Å². The van der Waals surface area contributed by atoms with Crippen molar-refractivity contribution in [3.05, 3.63) is 76.6 Å². The molecule has 0 unspecified atom stereocenters. The van der Waals surface area contributed by atoms with Gasteiger partial charge in [-0.05, 0) is 11.6 Å². The Bertz CT molecular complexity index is 1500. The highest BCUT2D eigenvalue weighted by Crippen LogP contribution is 2.30. The molecule has 0 atom stereocenters. The zero-order valence-corrected chi connectivity index (χ0v) is 20.6. The summed E-state index contributed by atoms with van der Waals surface area (Å²) in [5, 5.41) is 13.9. The number of pyridine rings is 2. The fraction of sp³-hybridized carbons (Fsp3) is 0.231. The van der Waals surface area contributed by atoms with Gasteiger partial charge in [0.2, 0.25) is 5.95 Å². The van der Waals surface area contributed by atoms with Gasteiger partial charge in [0.25, 0.3) is 11.5 Å². The predicted octanol–water partition coefficient (Wildman–Crippen LogP) is 1.97. The largest absolute Gasteiger partial charge is 0.505 e. The molecule has 0 saturated carbocycles. The van der Waals surface area contributed by atoms with Gasteiger partial charge in [0, 0.05) is 44.0 Å². The number of amides is 1. The second-order valence-electron chi connectivity index (χ2n) is 8.44. The lowest BCUT2D eigenvalue weighted by atomic mass is 10.1. The number of nitrogens with one attached hydrogen (secondary N) is 1. The molecule has 2 N–H and O–H groups in total. The van der Waals surface area contributed by atoms with E-state index < -0.39 is 11.9 Å². The number of hydrogen-bond acceptors (Lipinski definition) is 9. The third-order valence-electron chi connectivity index (χ3n) is 5.72. The van der Waals surface area contributed by atoms with Crippen LogP contribution in [-0.2, 0) is 16.1 Å². The van der Waals surface area contributed by atoms with Gasteiger partial charge in [-0.2, -0.15) is 0 Å². The molecule has 11 nitrogen and oxygen atoms in total. The molecule has 0 spiro atoms. The summed E-state index contributed by atoms with van der Waals surface area (Å²) in [6, 6.07) is 10.9. The Kier molecular flexibility index (Phi) is 7.42. The quantitative estimate of drug-likeness (QED) is 0.346. The fourth-order valence-corrected chi connectivity index (χ4v) is 3.77. The minimum atomic E-state index is -0.663. The number of benzene rings is 1. The number of aromatic nitrogens is 4. The van der Waals surface area contributed by atoms with Crippen molar-refractivity contribution in [1.82, 2.24) is 24.8 Å². The highest BCUT2D eigenvalue weighted by molar-refractivity contribution is 6.01. The molecule has 1 amide bonds. The first kappa shape index (κ1) is 25.3. The molecule has 11 heteroatoms. The Morgan fingerprint density at radius 1 is 1.08 bits per heavy atom. The molecule has 0 fully saturated rings. The summed E-state index contributed by atoms with van der Waals surface area (Å²) < 4.78 is 6.06. The summed E-state index contributed by atoms with van der Waals surface area (Å²) in [5.74, 6) is -1.05. The van der Waals surface area contributed by atoms with Crippen molar-refractivity contribution in [3.8, 4) is 16.9 Å².